The lowest BCUT2D eigenvalue weighted by molar-refractivity contribution is 0.0526. The summed E-state index contributed by atoms with van der Waals surface area (Å²) in [6.45, 7) is 6.88. The Kier molecular flexibility index (Phi) is 5.29. The van der Waals surface area contributed by atoms with Crippen LogP contribution in [0.15, 0.2) is 12.7 Å². The van der Waals surface area contributed by atoms with E-state index in [0.29, 0.717) is 0 Å². The predicted octanol–water partition coefficient (Wildman–Crippen LogP) is 0.949. The van der Waals surface area contributed by atoms with Crippen molar-refractivity contribution in [2.45, 2.75) is 31.4 Å². The SMILES string of the molecule is C=CCCC(O)C1CN(C)CCCN1C. The number of nitrogens with zero attached hydrogens (tertiary/aromatic N) is 2. The van der Waals surface area contributed by atoms with Crippen molar-refractivity contribution in [1.29, 1.82) is 0 Å². The van der Waals surface area contributed by atoms with Gasteiger partial charge in [-0.25, -0.2) is 0 Å². The summed E-state index contributed by atoms with van der Waals surface area (Å²) < 4.78 is 0. The molecule has 1 saturated heterocycles. The fourth-order valence-corrected chi connectivity index (χ4v) is 2.20. The van der Waals surface area contributed by atoms with E-state index in [1.807, 2.05) is 6.08 Å². The van der Waals surface area contributed by atoms with E-state index in [1.54, 1.807) is 0 Å². The van der Waals surface area contributed by atoms with E-state index in [0.717, 1.165) is 32.5 Å². The second kappa shape index (κ2) is 6.26. The molecular weight excluding hydrogens is 188 g/mol. The molecular formula is C12H24N2O. The summed E-state index contributed by atoms with van der Waals surface area (Å²) in [7, 11) is 4.24. The van der Waals surface area contributed by atoms with E-state index in [4.69, 9.17) is 0 Å². The zero-order valence-corrected chi connectivity index (χ0v) is 10.0. The first-order chi connectivity index (χ1) is 7.15. The van der Waals surface area contributed by atoms with Gasteiger partial charge in [0.05, 0.1) is 6.10 Å². The summed E-state index contributed by atoms with van der Waals surface area (Å²) >= 11 is 0. The molecule has 0 saturated carbocycles. The Bertz CT molecular complexity index is 196. The molecule has 0 aliphatic carbocycles. The third-order valence-corrected chi connectivity index (χ3v) is 3.23. The van der Waals surface area contributed by atoms with Crippen molar-refractivity contribution in [3.05, 3.63) is 12.7 Å². The second-order valence-electron chi connectivity index (χ2n) is 4.60. The Labute approximate surface area is 93.4 Å². The maximum atomic E-state index is 10.1. The van der Waals surface area contributed by atoms with Crippen LogP contribution in [0.2, 0.25) is 0 Å². The molecule has 1 aliphatic heterocycles. The van der Waals surface area contributed by atoms with Gasteiger partial charge in [-0.15, -0.1) is 6.58 Å². The zero-order chi connectivity index (χ0) is 11.3. The summed E-state index contributed by atoms with van der Waals surface area (Å²) in [6, 6.07) is 0.275. The monoisotopic (exact) mass is 212 g/mol. The van der Waals surface area contributed by atoms with Gasteiger partial charge in [-0.1, -0.05) is 6.08 Å². The molecule has 2 atom stereocenters. The third kappa shape index (κ3) is 3.93. The van der Waals surface area contributed by atoms with Crippen molar-refractivity contribution in [2.75, 3.05) is 33.7 Å². The predicted molar refractivity (Wildman–Crippen MR) is 64.0 cm³/mol. The Hall–Kier alpha value is -0.380. The maximum absolute atomic E-state index is 10.1. The van der Waals surface area contributed by atoms with Crippen molar-refractivity contribution in [2.24, 2.45) is 0 Å². The van der Waals surface area contributed by atoms with Gasteiger partial charge in [-0.05, 0) is 46.4 Å². The van der Waals surface area contributed by atoms with Gasteiger partial charge in [0.15, 0.2) is 0 Å². The highest BCUT2D eigenvalue weighted by Gasteiger charge is 2.26. The number of rotatable bonds is 4. The lowest BCUT2D eigenvalue weighted by Gasteiger charge is -2.31. The highest BCUT2D eigenvalue weighted by atomic mass is 16.3. The van der Waals surface area contributed by atoms with Crippen LogP contribution in [0.3, 0.4) is 0 Å². The first-order valence-electron chi connectivity index (χ1n) is 5.83. The van der Waals surface area contributed by atoms with E-state index < -0.39 is 0 Å². The molecule has 0 bridgehead atoms. The van der Waals surface area contributed by atoms with Crippen molar-refractivity contribution < 1.29 is 5.11 Å². The normalized spacial score (nSPS) is 27.3. The minimum Gasteiger partial charge on any atom is -0.391 e. The summed E-state index contributed by atoms with van der Waals surface area (Å²) in [5.74, 6) is 0. The fraction of sp³-hybridized carbons (Fsp3) is 0.833. The molecule has 0 aromatic carbocycles. The molecule has 1 heterocycles. The number of aliphatic hydroxyl groups is 1. The minimum atomic E-state index is -0.228. The number of aliphatic hydroxyl groups excluding tert-OH is 1. The molecule has 1 N–H and O–H groups in total. The van der Waals surface area contributed by atoms with Crippen LogP contribution in [0.5, 0.6) is 0 Å². The van der Waals surface area contributed by atoms with E-state index in [9.17, 15) is 5.11 Å². The molecule has 1 rings (SSSR count). The molecule has 3 nitrogen and oxygen atoms in total. The highest BCUT2D eigenvalue weighted by molar-refractivity contribution is 4.84. The molecule has 0 aromatic rings. The van der Waals surface area contributed by atoms with Crippen molar-refractivity contribution in [3.8, 4) is 0 Å². The van der Waals surface area contributed by atoms with Crippen molar-refractivity contribution >= 4 is 0 Å². The number of hydrogen-bond acceptors (Lipinski definition) is 3. The highest BCUT2D eigenvalue weighted by Crippen LogP contribution is 2.13. The largest absolute Gasteiger partial charge is 0.391 e. The van der Waals surface area contributed by atoms with Gasteiger partial charge in [-0.2, -0.15) is 0 Å². The Morgan fingerprint density at radius 2 is 2.20 bits per heavy atom. The van der Waals surface area contributed by atoms with Crippen LogP contribution in [-0.4, -0.2) is 60.8 Å². The van der Waals surface area contributed by atoms with Crippen LogP contribution >= 0.6 is 0 Å². The van der Waals surface area contributed by atoms with Gasteiger partial charge in [0, 0.05) is 12.6 Å². The molecule has 3 heteroatoms. The van der Waals surface area contributed by atoms with Crippen LogP contribution in [0.25, 0.3) is 0 Å². The molecule has 15 heavy (non-hydrogen) atoms. The van der Waals surface area contributed by atoms with Crippen LogP contribution in [0.4, 0.5) is 0 Å². The van der Waals surface area contributed by atoms with Gasteiger partial charge >= 0.3 is 0 Å². The zero-order valence-electron chi connectivity index (χ0n) is 10.0. The molecule has 2 unspecified atom stereocenters. The molecule has 0 amide bonds. The molecule has 88 valence electrons. The second-order valence-corrected chi connectivity index (χ2v) is 4.60. The number of allylic oxidation sites excluding steroid dienone is 1. The van der Waals surface area contributed by atoms with E-state index in [2.05, 4.69) is 30.5 Å². The van der Waals surface area contributed by atoms with Gasteiger partial charge in [-0.3, -0.25) is 4.90 Å². The van der Waals surface area contributed by atoms with Crippen molar-refractivity contribution in [1.82, 2.24) is 9.80 Å². The Balaban J connectivity index is 2.50. The molecule has 1 aliphatic rings. The summed E-state index contributed by atoms with van der Waals surface area (Å²) in [6.07, 6.45) is 4.57. The molecule has 0 radical (unpaired) electrons. The third-order valence-electron chi connectivity index (χ3n) is 3.23. The average molecular weight is 212 g/mol. The minimum absolute atomic E-state index is 0.228. The first-order valence-corrected chi connectivity index (χ1v) is 5.83. The van der Waals surface area contributed by atoms with Gasteiger partial charge in [0.2, 0.25) is 0 Å². The average Bonchev–Trinajstić information content (AvgIpc) is 2.37. The topological polar surface area (TPSA) is 26.7 Å². The number of hydrogen-bond donors (Lipinski definition) is 1. The number of likely N-dealkylation sites (N-methyl/N-ethyl adjacent to an activating group) is 2. The lowest BCUT2D eigenvalue weighted by atomic mass is 10.0. The molecule has 0 aromatic heterocycles. The molecule has 1 fully saturated rings. The van der Waals surface area contributed by atoms with Gasteiger partial charge in [0.1, 0.15) is 0 Å². The Morgan fingerprint density at radius 3 is 2.87 bits per heavy atom. The molecule has 0 spiro atoms. The quantitative estimate of drug-likeness (QED) is 0.703. The summed E-state index contributed by atoms with van der Waals surface area (Å²) in [5, 5.41) is 10.1. The first kappa shape index (κ1) is 12.7. The van der Waals surface area contributed by atoms with Crippen LogP contribution < -0.4 is 0 Å². The summed E-state index contributed by atoms with van der Waals surface area (Å²) in [5.41, 5.74) is 0. The van der Waals surface area contributed by atoms with E-state index >= 15 is 0 Å². The van der Waals surface area contributed by atoms with Crippen molar-refractivity contribution in [3.63, 3.8) is 0 Å². The lowest BCUT2D eigenvalue weighted by Crippen LogP contribution is -2.46. The van der Waals surface area contributed by atoms with Crippen LogP contribution in [-0.2, 0) is 0 Å². The van der Waals surface area contributed by atoms with Gasteiger partial charge < -0.3 is 10.0 Å². The fourth-order valence-electron chi connectivity index (χ4n) is 2.20. The van der Waals surface area contributed by atoms with E-state index in [-0.39, 0.29) is 12.1 Å². The van der Waals surface area contributed by atoms with E-state index in [1.165, 1.54) is 6.42 Å². The smallest absolute Gasteiger partial charge is 0.0710 e. The summed E-state index contributed by atoms with van der Waals surface area (Å²) in [4.78, 5) is 4.60. The maximum Gasteiger partial charge on any atom is 0.0710 e. The van der Waals surface area contributed by atoms with Crippen LogP contribution in [0, 0.1) is 0 Å². The standard InChI is InChI=1S/C12H24N2O/c1-4-5-7-12(15)11-10-13(2)8-6-9-14(11)3/h4,11-12,15H,1,5-10H2,2-3H3. The Morgan fingerprint density at radius 1 is 1.47 bits per heavy atom. The van der Waals surface area contributed by atoms with Gasteiger partial charge in [0.25, 0.3) is 0 Å². The van der Waals surface area contributed by atoms with Crippen LogP contribution in [0.1, 0.15) is 19.3 Å².